The number of aryl methyl sites for hydroxylation is 1. The van der Waals surface area contributed by atoms with Gasteiger partial charge in [-0.15, -0.1) is 0 Å². The van der Waals surface area contributed by atoms with Crippen molar-refractivity contribution in [1.29, 1.82) is 0 Å². The first-order chi connectivity index (χ1) is 17.6. The number of hydrogen-bond acceptors (Lipinski definition) is 4. The van der Waals surface area contributed by atoms with Gasteiger partial charge in [-0.05, 0) is 30.2 Å². The molecule has 1 N–H and O–H groups in total. The van der Waals surface area contributed by atoms with Gasteiger partial charge in [0.25, 0.3) is 0 Å². The zero-order valence-electron chi connectivity index (χ0n) is 21.7. The summed E-state index contributed by atoms with van der Waals surface area (Å²) in [5, 5.41) is 2.68. The van der Waals surface area contributed by atoms with Crippen LogP contribution in [0.15, 0.2) is 84.9 Å². The molecule has 0 bridgehead atoms. The molecule has 3 rings (SSSR count). The van der Waals surface area contributed by atoms with E-state index < -0.39 is 28.7 Å². The van der Waals surface area contributed by atoms with Gasteiger partial charge in [-0.1, -0.05) is 78.4 Å². The van der Waals surface area contributed by atoms with Crippen molar-refractivity contribution in [2.45, 2.75) is 25.9 Å². The first-order valence-electron chi connectivity index (χ1n) is 12.0. The smallest absolute Gasteiger partial charge is 0.304 e. The normalized spacial score (nSPS) is 12.1. The third-order valence-electron chi connectivity index (χ3n) is 6.02. The summed E-state index contributed by atoms with van der Waals surface area (Å²) in [6.45, 7) is 1.64. The average molecular weight is 523 g/mol. The second-order valence-corrected chi connectivity index (χ2v) is 11.0. The molecule has 3 aromatic rings. The molecule has 0 aliphatic rings. The zero-order chi connectivity index (χ0) is 27.0. The summed E-state index contributed by atoms with van der Waals surface area (Å²) in [7, 11) is 0.377. The van der Waals surface area contributed by atoms with Gasteiger partial charge in [0.1, 0.15) is 12.6 Å². The molecule has 2 amide bonds. The number of carbonyl (C=O) groups is 2. The van der Waals surface area contributed by atoms with Crippen LogP contribution in [0.5, 0.6) is 0 Å². The predicted octanol–water partition coefficient (Wildman–Crippen LogP) is 2.99. The number of amides is 2. The van der Waals surface area contributed by atoms with Crippen molar-refractivity contribution < 1.29 is 18.0 Å². The molecular weight excluding hydrogens is 488 g/mol. The Morgan fingerprint density at radius 3 is 2.03 bits per heavy atom. The minimum Gasteiger partial charge on any atom is -0.357 e. The first kappa shape index (κ1) is 27.9. The highest BCUT2D eigenvalue weighted by molar-refractivity contribution is 7.90. The summed E-state index contributed by atoms with van der Waals surface area (Å²) in [6, 6.07) is 24.8. The van der Waals surface area contributed by atoms with Crippen molar-refractivity contribution >= 4 is 27.7 Å². The Labute approximate surface area is 219 Å². The zero-order valence-corrected chi connectivity index (χ0v) is 22.5. The van der Waals surface area contributed by atoms with Crippen LogP contribution in [-0.2, 0) is 32.8 Å². The maximum Gasteiger partial charge on any atom is 0.304 e. The molecule has 9 heteroatoms. The SMILES string of the molecule is CNC(=O)[C@H](Cc1ccccc1)N(Cc1cccc(C)c1)C(=O)CN(c1ccccc1)S(=O)(=O)N(C)C. The van der Waals surface area contributed by atoms with Gasteiger partial charge < -0.3 is 10.2 Å². The van der Waals surface area contributed by atoms with Crippen LogP contribution < -0.4 is 9.62 Å². The number of likely N-dealkylation sites (N-methyl/N-ethyl adjacent to an activating group) is 1. The molecule has 0 unspecified atom stereocenters. The predicted molar refractivity (Wildman–Crippen MR) is 146 cm³/mol. The van der Waals surface area contributed by atoms with Crippen molar-refractivity contribution in [3.8, 4) is 0 Å². The number of nitrogens with one attached hydrogen (secondary N) is 1. The first-order valence-corrected chi connectivity index (χ1v) is 13.4. The highest BCUT2D eigenvalue weighted by Crippen LogP contribution is 2.21. The van der Waals surface area contributed by atoms with Crippen LogP contribution in [0.25, 0.3) is 0 Å². The van der Waals surface area contributed by atoms with Crippen LogP contribution in [0, 0.1) is 6.92 Å². The summed E-state index contributed by atoms with van der Waals surface area (Å²) in [4.78, 5) is 28.6. The lowest BCUT2D eigenvalue weighted by Gasteiger charge is -2.34. The molecule has 0 saturated heterocycles. The van der Waals surface area contributed by atoms with Crippen molar-refractivity contribution in [2.24, 2.45) is 0 Å². The van der Waals surface area contributed by atoms with Crippen LogP contribution in [0.4, 0.5) is 5.69 Å². The monoisotopic (exact) mass is 522 g/mol. The van der Waals surface area contributed by atoms with E-state index >= 15 is 0 Å². The van der Waals surface area contributed by atoms with Crippen LogP contribution in [0.3, 0.4) is 0 Å². The number of rotatable bonds is 11. The topological polar surface area (TPSA) is 90.0 Å². The van der Waals surface area contributed by atoms with Crippen molar-refractivity contribution in [3.05, 3.63) is 102 Å². The Morgan fingerprint density at radius 2 is 1.46 bits per heavy atom. The fourth-order valence-corrected chi connectivity index (χ4v) is 5.09. The maximum absolute atomic E-state index is 14.0. The van der Waals surface area contributed by atoms with Gasteiger partial charge >= 0.3 is 10.2 Å². The number of para-hydroxylation sites is 1. The molecule has 0 saturated carbocycles. The Hall–Kier alpha value is -3.69. The fraction of sp³-hybridized carbons (Fsp3) is 0.286. The molecule has 0 radical (unpaired) electrons. The van der Waals surface area contributed by atoms with Crippen LogP contribution in [0.2, 0.25) is 0 Å². The highest BCUT2D eigenvalue weighted by Gasteiger charge is 2.34. The second-order valence-electron chi connectivity index (χ2n) is 8.96. The van der Waals surface area contributed by atoms with Gasteiger partial charge in [0.05, 0.1) is 5.69 Å². The molecule has 0 spiro atoms. The van der Waals surface area contributed by atoms with Gasteiger partial charge in [0.15, 0.2) is 0 Å². The fourth-order valence-electron chi connectivity index (χ4n) is 4.04. The minimum atomic E-state index is -3.99. The molecule has 0 aliphatic carbocycles. The molecule has 1 atom stereocenters. The lowest BCUT2D eigenvalue weighted by atomic mass is 10.0. The molecule has 0 fully saturated rings. The summed E-state index contributed by atoms with van der Waals surface area (Å²) in [5.74, 6) is -0.813. The van der Waals surface area contributed by atoms with E-state index in [4.69, 9.17) is 0 Å². The number of anilines is 1. The highest BCUT2D eigenvalue weighted by atomic mass is 32.2. The van der Waals surface area contributed by atoms with Crippen LogP contribution in [-0.4, -0.2) is 63.2 Å². The molecule has 0 aromatic heterocycles. The summed E-state index contributed by atoms with van der Waals surface area (Å²) in [5.41, 5.74) is 3.11. The third-order valence-corrected chi connectivity index (χ3v) is 7.84. The summed E-state index contributed by atoms with van der Waals surface area (Å²) in [6.07, 6.45) is 0.282. The quantitative estimate of drug-likeness (QED) is 0.419. The van der Waals surface area contributed by atoms with Crippen molar-refractivity contribution in [3.63, 3.8) is 0 Å². The van der Waals surface area contributed by atoms with Crippen molar-refractivity contribution in [1.82, 2.24) is 14.5 Å². The summed E-state index contributed by atoms with van der Waals surface area (Å²) >= 11 is 0. The lowest BCUT2D eigenvalue weighted by molar-refractivity contribution is -0.139. The second kappa shape index (κ2) is 12.5. The van der Waals surface area contributed by atoms with E-state index in [0.29, 0.717) is 5.69 Å². The molecule has 3 aromatic carbocycles. The van der Waals surface area contributed by atoms with E-state index in [1.165, 1.54) is 26.0 Å². The van der Waals surface area contributed by atoms with E-state index in [0.717, 1.165) is 25.3 Å². The van der Waals surface area contributed by atoms with E-state index in [1.807, 2.05) is 61.5 Å². The van der Waals surface area contributed by atoms with Crippen LogP contribution in [0.1, 0.15) is 16.7 Å². The Morgan fingerprint density at radius 1 is 0.865 bits per heavy atom. The van der Waals surface area contributed by atoms with E-state index in [9.17, 15) is 18.0 Å². The van der Waals surface area contributed by atoms with E-state index in [2.05, 4.69) is 5.32 Å². The van der Waals surface area contributed by atoms with Gasteiger partial charge in [-0.2, -0.15) is 12.7 Å². The lowest BCUT2D eigenvalue weighted by Crippen LogP contribution is -2.53. The van der Waals surface area contributed by atoms with Gasteiger partial charge in [-0.3, -0.25) is 9.59 Å². The molecule has 0 heterocycles. The Bertz CT molecular complexity index is 1300. The van der Waals surface area contributed by atoms with Gasteiger partial charge in [0, 0.05) is 34.1 Å². The largest absolute Gasteiger partial charge is 0.357 e. The van der Waals surface area contributed by atoms with E-state index in [1.54, 1.807) is 30.3 Å². The number of carbonyl (C=O) groups excluding carboxylic acids is 2. The van der Waals surface area contributed by atoms with Crippen molar-refractivity contribution in [2.75, 3.05) is 32.0 Å². The number of benzene rings is 3. The molecule has 0 aliphatic heterocycles. The molecule has 196 valence electrons. The molecular formula is C28H34N4O4S. The van der Waals surface area contributed by atoms with Crippen LogP contribution >= 0.6 is 0 Å². The van der Waals surface area contributed by atoms with E-state index in [-0.39, 0.29) is 18.9 Å². The van der Waals surface area contributed by atoms with Gasteiger partial charge in [0.2, 0.25) is 11.8 Å². The molecule has 37 heavy (non-hydrogen) atoms. The Balaban J connectivity index is 2.05. The number of nitrogens with zero attached hydrogens (tertiary/aromatic N) is 3. The molecule has 8 nitrogen and oxygen atoms in total. The third kappa shape index (κ3) is 7.18. The Kier molecular flexibility index (Phi) is 9.43. The standard InChI is InChI=1S/C28H34N4O4S/c1-22-12-11-15-24(18-22)20-31(26(28(34)29-2)19-23-13-7-5-8-14-23)27(33)21-32(37(35,36)30(3)4)25-16-9-6-10-17-25/h5-18,26H,19-21H2,1-4H3,(H,29,34)/t26-/m0/s1. The minimum absolute atomic E-state index is 0.149. The summed E-state index contributed by atoms with van der Waals surface area (Å²) < 4.78 is 28.6. The van der Waals surface area contributed by atoms with Gasteiger partial charge in [-0.25, -0.2) is 4.31 Å². The maximum atomic E-state index is 14.0. The number of hydrogen-bond donors (Lipinski definition) is 1. The average Bonchev–Trinajstić information content (AvgIpc) is 2.89.